The Morgan fingerprint density at radius 2 is 2.14 bits per heavy atom. The molecule has 0 fully saturated rings. The van der Waals surface area contributed by atoms with Crippen LogP contribution < -0.4 is 5.32 Å². The molecule has 4 heteroatoms. The molecular formula is C10H21NO3. The van der Waals surface area contributed by atoms with Crippen LogP contribution in [-0.4, -0.2) is 36.9 Å². The van der Waals surface area contributed by atoms with Crippen molar-refractivity contribution in [1.29, 1.82) is 0 Å². The average Bonchev–Trinajstić information content (AvgIpc) is 2.12. The van der Waals surface area contributed by atoms with Gasteiger partial charge in [-0.15, -0.1) is 0 Å². The highest BCUT2D eigenvalue weighted by Gasteiger charge is 2.12. The first-order valence-corrected chi connectivity index (χ1v) is 5.08. The van der Waals surface area contributed by atoms with E-state index in [-0.39, 0.29) is 25.2 Å². The summed E-state index contributed by atoms with van der Waals surface area (Å²) in [7, 11) is 0. The van der Waals surface area contributed by atoms with Crippen LogP contribution in [0.1, 0.15) is 27.2 Å². The van der Waals surface area contributed by atoms with E-state index in [2.05, 4.69) is 19.2 Å². The number of aliphatic hydroxyl groups is 1. The minimum atomic E-state index is -0.161. The zero-order valence-corrected chi connectivity index (χ0v) is 9.25. The Morgan fingerprint density at radius 3 is 2.57 bits per heavy atom. The summed E-state index contributed by atoms with van der Waals surface area (Å²) in [4.78, 5) is 11.2. The van der Waals surface area contributed by atoms with Gasteiger partial charge in [-0.3, -0.25) is 4.79 Å². The smallest absolute Gasteiger partial charge is 0.246 e. The van der Waals surface area contributed by atoms with Gasteiger partial charge in [-0.05, 0) is 19.3 Å². The summed E-state index contributed by atoms with van der Waals surface area (Å²) in [5.41, 5.74) is 0. The van der Waals surface area contributed by atoms with Gasteiger partial charge in [-0.1, -0.05) is 13.8 Å². The van der Waals surface area contributed by atoms with Gasteiger partial charge >= 0.3 is 0 Å². The third kappa shape index (κ3) is 6.86. The normalized spacial score (nSPS) is 12.9. The fourth-order valence-corrected chi connectivity index (χ4v) is 1.21. The summed E-state index contributed by atoms with van der Waals surface area (Å²) in [5, 5.41) is 11.7. The minimum Gasteiger partial charge on any atom is -0.394 e. The van der Waals surface area contributed by atoms with Gasteiger partial charge in [0.15, 0.2) is 0 Å². The van der Waals surface area contributed by atoms with Gasteiger partial charge < -0.3 is 15.2 Å². The van der Waals surface area contributed by atoms with Crippen molar-refractivity contribution in [1.82, 2.24) is 5.32 Å². The molecule has 0 aliphatic rings. The van der Waals surface area contributed by atoms with Crippen LogP contribution in [-0.2, 0) is 9.53 Å². The lowest BCUT2D eigenvalue weighted by atomic mass is 10.0. The van der Waals surface area contributed by atoms with E-state index in [4.69, 9.17) is 9.84 Å². The molecule has 2 N–H and O–H groups in total. The van der Waals surface area contributed by atoms with Crippen LogP contribution in [0, 0.1) is 5.92 Å². The lowest BCUT2D eigenvalue weighted by Gasteiger charge is -2.17. The average molecular weight is 203 g/mol. The summed E-state index contributed by atoms with van der Waals surface area (Å²) < 4.78 is 4.95. The Hall–Kier alpha value is -0.610. The number of amides is 1. The second-order valence-corrected chi connectivity index (χ2v) is 3.71. The standard InChI is InChI=1S/C10H21NO3/c1-4-14-7-10(13)11-9(6-12)5-8(2)3/h8-9,12H,4-7H2,1-3H3,(H,11,13). The quantitative estimate of drug-likeness (QED) is 0.635. The second kappa shape index (κ2) is 7.76. The molecule has 0 aromatic carbocycles. The van der Waals surface area contributed by atoms with E-state index in [1.807, 2.05) is 6.92 Å². The molecule has 0 bridgehead atoms. The number of nitrogens with one attached hydrogen (secondary N) is 1. The number of hydrogen-bond donors (Lipinski definition) is 2. The van der Waals surface area contributed by atoms with Gasteiger partial charge in [0.1, 0.15) is 6.61 Å². The predicted molar refractivity (Wildman–Crippen MR) is 55.0 cm³/mol. The molecule has 0 saturated carbocycles. The summed E-state index contributed by atoms with van der Waals surface area (Å²) in [6.45, 7) is 6.53. The Kier molecular flexibility index (Phi) is 7.42. The van der Waals surface area contributed by atoms with E-state index >= 15 is 0 Å². The summed E-state index contributed by atoms with van der Waals surface area (Å²) in [6.07, 6.45) is 0.786. The van der Waals surface area contributed by atoms with Crippen molar-refractivity contribution in [2.24, 2.45) is 5.92 Å². The first-order valence-electron chi connectivity index (χ1n) is 5.08. The van der Waals surface area contributed by atoms with E-state index < -0.39 is 0 Å². The number of hydrogen-bond acceptors (Lipinski definition) is 3. The molecule has 0 radical (unpaired) electrons. The third-order valence-electron chi connectivity index (χ3n) is 1.78. The molecule has 1 amide bonds. The molecule has 14 heavy (non-hydrogen) atoms. The predicted octanol–water partition coefficient (Wildman–Crippen LogP) is 0.546. The van der Waals surface area contributed by atoms with Crippen LogP contribution >= 0.6 is 0 Å². The lowest BCUT2D eigenvalue weighted by Crippen LogP contribution is -2.40. The Balaban J connectivity index is 3.74. The first-order chi connectivity index (χ1) is 6.60. The fourth-order valence-electron chi connectivity index (χ4n) is 1.21. The van der Waals surface area contributed by atoms with Crippen molar-refractivity contribution >= 4 is 5.91 Å². The molecule has 1 unspecified atom stereocenters. The van der Waals surface area contributed by atoms with Crippen molar-refractivity contribution in [3.8, 4) is 0 Å². The topological polar surface area (TPSA) is 58.6 Å². The van der Waals surface area contributed by atoms with Crippen molar-refractivity contribution in [3.63, 3.8) is 0 Å². The van der Waals surface area contributed by atoms with Crippen LogP contribution in [0.5, 0.6) is 0 Å². The van der Waals surface area contributed by atoms with Gasteiger partial charge in [0.05, 0.1) is 12.6 Å². The number of carbonyl (C=O) groups is 1. The zero-order valence-electron chi connectivity index (χ0n) is 9.25. The number of ether oxygens (including phenoxy) is 1. The van der Waals surface area contributed by atoms with E-state index in [9.17, 15) is 4.79 Å². The minimum absolute atomic E-state index is 0.0178. The molecule has 0 aliphatic heterocycles. The van der Waals surface area contributed by atoms with Gasteiger partial charge in [0.25, 0.3) is 0 Å². The highest BCUT2D eigenvalue weighted by Crippen LogP contribution is 2.03. The Morgan fingerprint density at radius 1 is 1.50 bits per heavy atom. The van der Waals surface area contributed by atoms with Crippen molar-refractivity contribution < 1.29 is 14.6 Å². The highest BCUT2D eigenvalue weighted by atomic mass is 16.5. The molecule has 0 aliphatic carbocycles. The van der Waals surface area contributed by atoms with Crippen LogP contribution in [0.25, 0.3) is 0 Å². The van der Waals surface area contributed by atoms with Crippen LogP contribution in [0.15, 0.2) is 0 Å². The summed E-state index contributed by atoms with van der Waals surface area (Å²) in [5.74, 6) is 0.297. The molecule has 1 atom stereocenters. The maximum Gasteiger partial charge on any atom is 0.246 e. The third-order valence-corrected chi connectivity index (χ3v) is 1.78. The number of carbonyl (C=O) groups excluding carboxylic acids is 1. The van der Waals surface area contributed by atoms with Gasteiger partial charge in [-0.25, -0.2) is 0 Å². The summed E-state index contributed by atoms with van der Waals surface area (Å²) in [6, 6.07) is -0.150. The van der Waals surface area contributed by atoms with E-state index in [0.29, 0.717) is 12.5 Å². The van der Waals surface area contributed by atoms with E-state index in [1.54, 1.807) is 0 Å². The van der Waals surface area contributed by atoms with Gasteiger partial charge in [0, 0.05) is 6.61 Å². The molecule has 84 valence electrons. The van der Waals surface area contributed by atoms with Crippen LogP contribution in [0.4, 0.5) is 0 Å². The monoisotopic (exact) mass is 203 g/mol. The van der Waals surface area contributed by atoms with Crippen molar-refractivity contribution in [2.45, 2.75) is 33.2 Å². The van der Waals surface area contributed by atoms with Gasteiger partial charge in [-0.2, -0.15) is 0 Å². The van der Waals surface area contributed by atoms with Crippen LogP contribution in [0.3, 0.4) is 0 Å². The molecule has 0 aromatic rings. The molecule has 0 heterocycles. The first kappa shape index (κ1) is 13.4. The van der Waals surface area contributed by atoms with E-state index in [1.165, 1.54) is 0 Å². The maximum atomic E-state index is 11.2. The van der Waals surface area contributed by atoms with Crippen LogP contribution in [0.2, 0.25) is 0 Å². The fraction of sp³-hybridized carbons (Fsp3) is 0.900. The highest BCUT2D eigenvalue weighted by molar-refractivity contribution is 5.77. The summed E-state index contributed by atoms with van der Waals surface area (Å²) >= 11 is 0. The van der Waals surface area contributed by atoms with Crippen molar-refractivity contribution in [3.05, 3.63) is 0 Å². The lowest BCUT2D eigenvalue weighted by molar-refractivity contribution is -0.126. The molecular weight excluding hydrogens is 182 g/mol. The Bertz CT molecular complexity index is 159. The Labute approximate surface area is 85.6 Å². The van der Waals surface area contributed by atoms with E-state index in [0.717, 1.165) is 6.42 Å². The molecule has 0 rings (SSSR count). The second-order valence-electron chi connectivity index (χ2n) is 3.71. The molecule has 0 spiro atoms. The molecule has 0 saturated heterocycles. The zero-order chi connectivity index (χ0) is 11.0. The maximum absolute atomic E-state index is 11.2. The number of aliphatic hydroxyl groups excluding tert-OH is 1. The SMILES string of the molecule is CCOCC(=O)NC(CO)CC(C)C. The molecule has 0 aromatic heterocycles. The largest absolute Gasteiger partial charge is 0.394 e. The number of rotatable bonds is 7. The molecule has 4 nitrogen and oxygen atoms in total. The van der Waals surface area contributed by atoms with Crippen molar-refractivity contribution in [2.75, 3.05) is 19.8 Å². The van der Waals surface area contributed by atoms with Gasteiger partial charge in [0.2, 0.25) is 5.91 Å².